The van der Waals surface area contributed by atoms with E-state index in [2.05, 4.69) is 11.9 Å². The molecular weight excluding hydrogens is 358 g/mol. The van der Waals surface area contributed by atoms with Gasteiger partial charge in [-0.3, -0.25) is 14.9 Å². The molecule has 0 spiro atoms. The highest BCUT2D eigenvalue weighted by Crippen LogP contribution is 2.23. The van der Waals surface area contributed by atoms with Gasteiger partial charge in [0.15, 0.2) is 4.80 Å². The van der Waals surface area contributed by atoms with Crippen LogP contribution in [-0.2, 0) is 7.05 Å². The van der Waals surface area contributed by atoms with Crippen molar-refractivity contribution in [1.82, 2.24) is 4.57 Å². The summed E-state index contributed by atoms with van der Waals surface area (Å²) in [6.07, 6.45) is 0. The molecule has 25 heavy (non-hydrogen) atoms. The molecule has 1 heterocycles. The second-order valence-corrected chi connectivity index (χ2v) is 7.57. The largest absolute Gasteiger partial charge is 0.319 e. The van der Waals surface area contributed by atoms with Crippen LogP contribution in [0.5, 0.6) is 0 Å². The van der Waals surface area contributed by atoms with Gasteiger partial charge in [0.1, 0.15) is 0 Å². The lowest BCUT2D eigenvalue weighted by Crippen LogP contribution is -2.13. The van der Waals surface area contributed by atoms with Gasteiger partial charge in [-0.2, -0.15) is 4.99 Å². The number of aromatic nitrogens is 1. The average Bonchev–Trinajstić information content (AvgIpc) is 2.91. The molecule has 0 N–H and O–H groups in total. The van der Waals surface area contributed by atoms with Crippen LogP contribution in [0.1, 0.15) is 17.3 Å². The number of carbonyl (C=O) groups is 1. The number of aryl methyl sites for hydroxylation is 1. The number of rotatable bonds is 4. The molecule has 0 saturated carbocycles. The molecule has 0 aliphatic carbocycles. The molecule has 8 heteroatoms. The summed E-state index contributed by atoms with van der Waals surface area (Å²) in [5.41, 5.74) is 1.34. The van der Waals surface area contributed by atoms with Crippen LogP contribution in [0.3, 0.4) is 0 Å². The van der Waals surface area contributed by atoms with Gasteiger partial charge in [0, 0.05) is 29.6 Å². The molecule has 2 aromatic carbocycles. The maximum absolute atomic E-state index is 12.4. The summed E-state index contributed by atoms with van der Waals surface area (Å²) in [7, 11) is 1.79. The molecule has 3 rings (SSSR count). The summed E-state index contributed by atoms with van der Waals surface area (Å²) in [5, 5.41) is 10.9. The number of nitro groups is 1. The molecule has 0 unspecified atom stereocenters. The standard InChI is InChI=1S/C17H15N3O3S2/c1-3-24-13-7-4-11(5-8-13)16(21)18-17-19(2)14-9-6-12(20(22)23)10-15(14)25-17/h4-10H,3H2,1-2H3. The molecule has 3 aromatic rings. The van der Waals surface area contributed by atoms with Gasteiger partial charge in [0.2, 0.25) is 0 Å². The maximum Gasteiger partial charge on any atom is 0.279 e. The first kappa shape index (κ1) is 17.4. The average molecular weight is 373 g/mol. The highest BCUT2D eigenvalue weighted by molar-refractivity contribution is 7.99. The predicted molar refractivity (Wildman–Crippen MR) is 100 cm³/mol. The summed E-state index contributed by atoms with van der Waals surface area (Å²) in [6, 6.07) is 12.0. The molecule has 0 bridgehead atoms. The van der Waals surface area contributed by atoms with E-state index < -0.39 is 4.92 Å². The van der Waals surface area contributed by atoms with Crippen LogP contribution in [0.2, 0.25) is 0 Å². The van der Waals surface area contributed by atoms with E-state index in [1.54, 1.807) is 41.6 Å². The number of hydrogen-bond acceptors (Lipinski definition) is 5. The first-order chi connectivity index (χ1) is 12.0. The van der Waals surface area contributed by atoms with Crippen molar-refractivity contribution in [3.63, 3.8) is 0 Å². The van der Waals surface area contributed by atoms with Gasteiger partial charge in [-0.1, -0.05) is 18.3 Å². The van der Waals surface area contributed by atoms with Crippen molar-refractivity contribution >= 4 is 44.9 Å². The SMILES string of the molecule is CCSc1ccc(C(=O)N=c2sc3cc([N+](=O)[O-])ccc3n2C)cc1. The third-order valence-corrected chi connectivity index (χ3v) is 5.60. The number of amides is 1. The van der Waals surface area contributed by atoms with Crippen molar-refractivity contribution < 1.29 is 9.72 Å². The van der Waals surface area contributed by atoms with Gasteiger partial charge in [0.05, 0.1) is 15.1 Å². The Morgan fingerprint density at radius 1 is 1.28 bits per heavy atom. The summed E-state index contributed by atoms with van der Waals surface area (Å²) in [6.45, 7) is 2.07. The van der Waals surface area contributed by atoms with E-state index >= 15 is 0 Å². The van der Waals surface area contributed by atoms with Gasteiger partial charge in [-0.15, -0.1) is 11.8 Å². The van der Waals surface area contributed by atoms with Crippen LogP contribution in [0.15, 0.2) is 52.4 Å². The van der Waals surface area contributed by atoms with Crippen LogP contribution in [0.4, 0.5) is 5.69 Å². The monoisotopic (exact) mass is 373 g/mol. The van der Waals surface area contributed by atoms with E-state index in [0.29, 0.717) is 10.4 Å². The van der Waals surface area contributed by atoms with Crippen LogP contribution >= 0.6 is 23.1 Å². The minimum atomic E-state index is -0.434. The number of non-ortho nitro benzene ring substituents is 1. The Balaban J connectivity index is 1.98. The number of carbonyl (C=O) groups excluding carboxylic acids is 1. The molecular formula is C17H15N3O3S2. The van der Waals surface area contributed by atoms with Gasteiger partial charge < -0.3 is 4.57 Å². The first-order valence-corrected chi connectivity index (χ1v) is 9.35. The Bertz CT molecular complexity index is 1020. The van der Waals surface area contributed by atoms with E-state index in [1.807, 2.05) is 12.1 Å². The number of nitrogens with zero attached hydrogens (tertiary/aromatic N) is 3. The predicted octanol–water partition coefficient (Wildman–Crippen LogP) is 4.00. The number of benzene rings is 2. The summed E-state index contributed by atoms with van der Waals surface area (Å²) < 4.78 is 2.49. The van der Waals surface area contributed by atoms with Crippen LogP contribution in [0.25, 0.3) is 10.2 Å². The third-order valence-electron chi connectivity index (χ3n) is 3.61. The molecule has 0 radical (unpaired) electrons. The molecule has 1 aromatic heterocycles. The van der Waals surface area contributed by atoms with Crippen molar-refractivity contribution in [2.75, 3.05) is 5.75 Å². The molecule has 6 nitrogen and oxygen atoms in total. The Hall–Kier alpha value is -2.45. The van der Waals surface area contributed by atoms with E-state index in [9.17, 15) is 14.9 Å². The van der Waals surface area contributed by atoms with Crippen LogP contribution in [0, 0.1) is 10.1 Å². The van der Waals surface area contributed by atoms with Crippen molar-refractivity contribution in [1.29, 1.82) is 0 Å². The normalized spacial score (nSPS) is 11.8. The lowest BCUT2D eigenvalue weighted by atomic mass is 10.2. The third kappa shape index (κ3) is 3.64. The maximum atomic E-state index is 12.4. The van der Waals surface area contributed by atoms with Crippen molar-refractivity contribution in [3.8, 4) is 0 Å². The smallest absolute Gasteiger partial charge is 0.279 e. The topological polar surface area (TPSA) is 77.5 Å². The van der Waals surface area contributed by atoms with Gasteiger partial charge in [0.25, 0.3) is 11.6 Å². The Kier molecular flexibility index (Phi) is 5.00. The van der Waals surface area contributed by atoms with Gasteiger partial charge in [-0.05, 0) is 36.1 Å². The fraction of sp³-hybridized carbons (Fsp3) is 0.176. The molecule has 1 amide bonds. The summed E-state index contributed by atoms with van der Waals surface area (Å²) >= 11 is 2.97. The minimum Gasteiger partial charge on any atom is -0.319 e. The van der Waals surface area contributed by atoms with Gasteiger partial charge in [-0.25, -0.2) is 0 Å². The van der Waals surface area contributed by atoms with Crippen LogP contribution < -0.4 is 4.80 Å². The fourth-order valence-corrected chi connectivity index (χ4v) is 4.07. The zero-order chi connectivity index (χ0) is 18.0. The fourth-order valence-electron chi connectivity index (χ4n) is 2.35. The summed E-state index contributed by atoms with van der Waals surface area (Å²) in [4.78, 5) is 28.7. The Labute approximate surface area is 152 Å². The Morgan fingerprint density at radius 2 is 2.00 bits per heavy atom. The van der Waals surface area contributed by atoms with Crippen molar-refractivity contribution in [2.45, 2.75) is 11.8 Å². The molecule has 0 aliphatic rings. The molecule has 128 valence electrons. The quantitative estimate of drug-likeness (QED) is 0.393. The number of fused-ring (bicyclic) bond motifs is 1. The zero-order valence-electron chi connectivity index (χ0n) is 13.6. The highest BCUT2D eigenvalue weighted by atomic mass is 32.2. The molecule has 0 saturated heterocycles. The number of hydrogen-bond donors (Lipinski definition) is 0. The molecule has 0 atom stereocenters. The lowest BCUT2D eigenvalue weighted by Gasteiger charge is -1.99. The second kappa shape index (κ2) is 7.20. The first-order valence-electron chi connectivity index (χ1n) is 7.55. The van der Waals surface area contributed by atoms with E-state index in [4.69, 9.17) is 0 Å². The minimum absolute atomic E-state index is 0.0243. The lowest BCUT2D eigenvalue weighted by molar-refractivity contribution is -0.384. The summed E-state index contributed by atoms with van der Waals surface area (Å²) in [5.74, 6) is 0.645. The van der Waals surface area contributed by atoms with E-state index in [-0.39, 0.29) is 11.6 Å². The zero-order valence-corrected chi connectivity index (χ0v) is 15.3. The number of nitro benzene ring substituents is 1. The number of thiazole rings is 1. The molecule has 0 aliphatic heterocycles. The van der Waals surface area contributed by atoms with Crippen molar-refractivity contribution in [2.24, 2.45) is 12.0 Å². The van der Waals surface area contributed by atoms with Crippen LogP contribution in [-0.4, -0.2) is 21.2 Å². The van der Waals surface area contributed by atoms with Gasteiger partial charge >= 0.3 is 0 Å². The van der Waals surface area contributed by atoms with Crippen molar-refractivity contribution in [3.05, 3.63) is 62.9 Å². The second-order valence-electron chi connectivity index (χ2n) is 5.23. The Morgan fingerprint density at radius 3 is 2.64 bits per heavy atom. The van der Waals surface area contributed by atoms with E-state index in [1.165, 1.54) is 23.5 Å². The molecule has 0 fully saturated rings. The highest BCUT2D eigenvalue weighted by Gasteiger charge is 2.11. The number of thioether (sulfide) groups is 1. The van der Waals surface area contributed by atoms with E-state index in [0.717, 1.165) is 20.9 Å².